The Balaban J connectivity index is 2.57. The molecular weight excluding hydrogens is 208 g/mol. The molecule has 1 aromatic carbocycles. The number of hydrogen-bond acceptors (Lipinski definition) is 4. The topological polar surface area (TPSA) is 66.8 Å². The zero-order chi connectivity index (χ0) is 11.8. The van der Waals surface area contributed by atoms with Gasteiger partial charge in [0.15, 0.2) is 0 Å². The SMILES string of the molecule is CC1(O)OC(=O)C(c2ccccc2)=C1CO. The van der Waals surface area contributed by atoms with E-state index >= 15 is 0 Å². The second-order valence-electron chi connectivity index (χ2n) is 3.75. The number of ether oxygens (including phenoxy) is 1. The van der Waals surface area contributed by atoms with Gasteiger partial charge in [0.2, 0.25) is 5.79 Å². The Kier molecular flexibility index (Phi) is 2.53. The van der Waals surface area contributed by atoms with Gasteiger partial charge in [-0.15, -0.1) is 0 Å². The molecule has 1 aliphatic rings. The van der Waals surface area contributed by atoms with Crippen LogP contribution in [-0.4, -0.2) is 28.6 Å². The summed E-state index contributed by atoms with van der Waals surface area (Å²) in [5.41, 5.74) is 1.08. The molecule has 0 aromatic heterocycles. The first-order valence-corrected chi connectivity index (χ1v) is 4.92. The minimum atomic E-state index is -1.71. The summed E-state index contributed by atoms with van der Waals surface area (Å²) < 4.78 is 4.80. The summed E-state index contributed by atoms with van der Waals surface area (Å²) >= 11 is 0. The van der Waals surface area contributed by atoms with E-state index in [1.807, 2.05) is 6.07 Å². The Labute approximate surface area is 92.8 Å². The molecule has 0 amide bonds. The Hall–Kier alpha value is -1.65. The van der Waals surface area contributed by atoms with Crippen LogP contribution >= 0.6 is 0 Å². The summed E-state index contributed by atoms with van der Waals surface area (Å²) in [5.74, 6) is -2.32. The molecule has 1 unspecified atom stereocenters. The van der Waals surface area contributed by atoms with E-state index in [1.165, 1.54) is 6.92 Å². The summed E-state index contributed by atoms with van der Waals surface area (Å²) in [6.45, 7) is 0.926. The largest absolute Gasteiger partial charge is 0.426 e. The highest BCUT2D eigenvalue weighted by molar-refractivity contribution is 6.20. The molecule has 2 rings (SSSR count). The molecule has 1 heterocycles. The lowest BCUT2D eigenvalue weighted by molar-refractivity contribution is -0.175. The highest BCUT2D eigenvalue weighted by atomic mass is 16.7. The van der Waals surface area contributed by atoms with Crippen LogP contribution in [0.25, 0.3) is 5.57 Å². The number of rotatable bonds is 2. The second-order valence-corrected chi connectivity index (χ2v) is 3.75. The van der Waals surface area contributed by atoms with Gasteiger partial charge in [-0.3, -0.25) is 0 Å². The summed E-state index contributed by atoms with van der Waals surface area (Å²) in [6.07, 6.45) is 0. The number of carbonyl (C=O) groups excluding carboxylic acids is 1. The van der Waals surface area contributed by atoms with Crippen LogP contribution in [-0.2, 0) is 9.53 Å². The van der Waals surface area contributed by atoms with Gasteiger partial charge in [-0.1, -0.05) is 30.3 Å². The van der Waals surface area contributed by atoms with Crippen molar-refractivity contribution in [3.8, 4) is 0 Å². The number of carbonyl (C=O) groups is 1. The van der Waals surface area contributed by atoms with Crippen LogP contribution in [0.2, 0.25) is 0 Å². The third kappa shape index (κ3) is 1.62. The highest BCUT2D eigenvalue weighted by Gasteiger charge is 2.42. The van der Waals surface area contributed by atoms with Crippen LogP contribution in [0.3, 0.4) is 0 Å². The molecule has 0 saturated heterocycles. The molecule has 1 atom stereocenters. The quantitative estimate of drug-likeness (QED) is 0.720. The minimum absolute atomic E-state index is 0.198. The molecule has 0 aliphatic carbocycles. The lowest BCUT2D eigenvalue weighted by atomic mass is 9.98. The first kappa shape index (κ1) is 10.9. The number of cyclic esters (lactones) is 1. The first-order valence-electron chi connectivity index (χ1n) is 4.92. The average Bonchev–Trinajstić information content (AvgIpc) is 2.48. The van der Waals surface area contributed by atoms with E-state index in [9.17, 15) is 15.0 Å². The summed E-state index contributed by atoms with van der Waals surface area (Å²) in [6, 6.07) is 8.83. The molecule has 0 radical (unpaired) electrons. The number of aliphatic hydroxyl groups excluding tert-OH is 1. The monoisotopic (exact) mass is 220 g/mol. The molecule has 0 saturated carbocycles. The molecule has 1 aliphatic heterocycles. The first-order chi connectivity index (χ1) is 7.56. The molecular formula is C12H12O4. The highest BCUT2D eigenvalue weighted by Crippen LogP contribution is 2.35. The zero-order valence-corrected chi connectivity index (χ0v) is 8.80. The summed E-state index contributed by atoms with van der Waals surface area (Å²) in [4.78, 5) is 11.6. The van der Waals surface area contributed by atoms with Crippen LogP contribution in [0.1, 0.15) is 12.5 Å². The van der Waals surface area contributed by atoms with Crippen molar-refractivity contribution in [1.29, 1.82) is 0 Å². The molecule has 0 spiro atoms. The summed E-state index contributed by atoms with van der Waals surface area (Å²) in [7, 11) is 0. The van der Waals surface area contributed by atoms with Gasteiger partial charge in [-0.2, -0.15) is 0 Å². The Morgan fingerprint density at radius 1 is 1.31 bits per heavy atom. The van der Waals surface area contributed by atoms with Gasteiger partial charge in [0, 0.05) is 12.5 Å². The third-order valence-electron chi connectivity index (χ3n) is 2.58. The van der Waals surface area contributed by atoms with Gasteiger partial charge < -0.3 is 14.9 Å². The van der Waals surface area contributed by atoms with Gasteiger partial charge >= 0.3 is 5.97 Å². The maximum absolute atomic E-state index is 11.6. The molecule has 0 fully saturated rings. The third-order valence-corrected chi connectivity index (χ3v) is 2.58. The van der Waals surface area contributed by atoms with Crippen molar-refractivity contribution in [2.24, 2.45) is 0 Å². The molecule has 4 heteroatoms. The predicted octanol–water partition coefficient (Wildman–Crippen LogP) is 0.698. The van der Waals surface area contributed by atoms with Gasteiger partial charge in [0.05, 0.1) is 12.2 Å². The van der Waals surface area contributed by atoms with Crippen molar-refractivity contribution in [1.82, 2.24) is 0 Å². The van der Waals surface area contributed by atoms with E-state index < -0.39 is 18.4 Å². The summed E-state index contributed by atoms with van der Waals surface area (Å²) in [5, 5.41) is 19.0. The molecule has 16 heavy (non-hydrogen) atoms. The number of esters is 1. The smallest absolute Gasteiger partial charge is 0.341 e. The van der Waals surface area contributed by atoms with Crippen LogP contribution in [0.4, 0.5) is 0 Å². The van der Waals surface area contributed by atoms with Crippen LogP contribution in [0.15, 0.2) is 35.9 Å². The fraction of sp³-hybridized carbons (Fsp3) is 0.250. The molecule has 84 valence electrons. The Bertz CT molecular complexity index is 445. The Morgan fingerprint density at radius 3 is 2.50 bits per heavy atom. The van der Waals surface area contributed by atoms with Crippen molar-refractivity contribution in [3.63, 3.8) is 0 Å². The lowest BCUT2D eigenvalue weighted by Crippen LogP contribution is -2.28. The maximum Gasteiger partial charge on any atom is 0.341 e. The minimum Gasteiger partial charge on any atom is -0.426 e. The van der Waals surface area contributed by atoms with E-state index in [-0.39, 0.29) is 11.1 Å². The normalized spacial score (nSPS) is 24.8. The van der Waals surface area contributed by atoms with E-state index in [0.717, 1.165) is 0 Å². The second kappa shape index (κ2) is 3.73. The van der Waals surface area contributed by atoms with E-state index in [0.29, 0.717) is 5.56 Å². The van der Waals surface area contributed by atoms with Crippen molar-refractivity contribution in [3.05, 3.63) is 41.5 Å². The van der Waals surface area contributed by atoms with Gasteiger partial charge in [-0.25, -0.2) is 4.79 Å². The standard InChI is InChI=1S/C12H12O4/c1-12(15)9(7-13)10(11(14)16-12)8-5-3-2-4-6-8/h2-6,13,15H,7H2,1H3. The Morgan fingerprint density at radius 2 is 1.94 bits per heavy atom. The van der Waals surface area contributed by atoms with Crippen molar-refractivity contribution < 1.29 is 19.7 Å². The average molecular weight is 220 g/mol. The number of benzene rings is 1. The lowest BCUT2D eigenvalue weighted by Gasteiger charge is -2.17. The number of hydrogen-bond donors (Lipinski definition) is 2. The fourth-order valence-corrected chi connectivity index (χ4v) is 1.77. The molecule has 1 aromatic rings. The van der Waals surface area contributed by atoms with E-state index in [1.54, 1.807) is 24.3 Å². The predicted molar refractivity (Wildman–Crippen MR) is 57.2 cm³/mol. The molecule has 2 N–H and O–H groups in total. The van der Waals surface area contributed by atoms with Crippen LogP contribution in [0.5, 0.6) is 0 Å². The van der Waals surface area contributed by atoms with Gasteiger partial charge in [-0.05, 0) is 5.56 Å². The van der Waals surface area contributed by atoms with Gasteiger partial charge in [0.1, 0.15) is 0 Å². The van der Waals surface area contributed by atoms with Crippen molar-refractivity contribution >= 4 is 11.5 Å². The van der Waals surface area contributed by atoms with E-state index in [4.69, 9.17) is 4.74 Å². The molecule has 0 bridgehead atoms. The van der Waals surface area contributed by atoms with Crippen molar-refractivity contribution in [2.45, 2.75) is 12.7 Å². The number of aliphatic hydroxyl groups is 2. The fourth-order valence-electron chi connectivity index (χ4n) is 1.77. The zero-order valence-electron chi connectivity index (χ0n) is 8.80. The van der Waals surface area contributed by atoms with Crippen LogP contribution < -0.4 is 0 Å². The van der Waals surface area contributed by atoms with E-state index in [2.05, 4.69) is 0 Å². The van der Waals surface area contributed by atoms with Crippen LogP contribution in [0, 0.1) is 0 Å². The maximum atomic E-state index is 11.6. The van der Waals surface area contributed by atoms with Gasteiger partial charge in [0.25, 0.3) is 0 Å². The molecule has 4 nitrogen and oxygen atoms in total. The van der Waals surface area contributed by atoms with Crippen molar-refractivity contribution in [2.75, 3.05) is 6.61 Å².